The van der Waals surface area contributed by atoms with Crippen molar-refractivity contribution in [1.82, 2.24) is 5.32 Å². The third-order valence-electron chi connectivity index (χ3n) is 3.49. The number of hydrogen-bond donors (Lipinski definition) is 3. The van der Waals surface area contributed by atoms with Crippen molar-refractivity contribution in [3.8, 4) is 0 Å². The van der Waals surface area contributed by atoms with E-state index in [2.05, 4.69) is 15.4 Å². The average Bonchev–Trinajstić information content (AvgIpc) is 3.06. The average molecular weight is 329 g/mol. The zero-order valence-electron chi connectivity index (χ0n) is 13.8. The quantitative estimate of drug-likeness (QED) is 0.734. The van der Waals surface area contributed by atoms with Gasteiger partial charge >= 0.3 is 0 Å². The topological polar surface area (TPSA) is 53.2 Å². The smallest absolute Gasteiger partial charge is 0.255 e. The standard InChI is InChI=1S/C16H17N3OS.C2H6/c1-21-19-15-5-3-2-4-14(15)18-16(20)11-6-7-12-9-17-10-13(12)8-11;1-2/h2-8,17,19H,9-10H2,1H3,(H,18,20);1-2H3. The highest BCUT2D eigenvalue weighted by Crippen LogP contribution is 2.24. The fraction of sp³-hybridized carbons (Fsp3) is 0.278. The van der Waals surface area contributed by atoms with Gasteiger partial charge in [0.1, 0.15) is 0 Å². The van der Waals surface area contributed by atoms with Crippen molar-refractivity contribution < 1.29 is 4.79 Å². The number of benzene rings is 2. The van der Waals surface area contributed by atoms with Gasteiger partial charge in [-0.05, 0) is 35.4 Å². The Hall–Kier alpha value is -1.98. The molecule has 0 saturated heterocycles. The van der Waals surface area contributed by atoms with Crippen molar-refractivity contribution in [2.24, 2.45) is 0 Å². The SMILES string of the molecule is CC.CSNc1ccccc1NC(=O)c1ccc2c(c1)CNC2. The zero-order valence-corrected chi connectivity index (χ0v) is 14.6. The molecule has 1 heterocycles. The van der Waals surface area contributed by atoms with Gasteiger partial charge in [-0.15, -0.1) is 0 Å². The minimum absolute atomic E-state index is 0.0833. The second kappa shape index (κ2) is 8.60. The number of para-hydroxylation sites is 2. The van der Waals surface area contributed by atoms with Crippen LogP contribution in [0.3, 0.4) is 0 Å². The van der Waals surface area contributed by atoms with Crippen LogP contribution >= 0.6 is 11.9 Å². The summed E-state index contributed by atoms with van der Waals surface area (Å²) in [6.07, 6.45) is 1.95. The maximum Gasteiger partial charge on any atom is 0.255 e. The Kier molecular flexibility index (Phi) is 6.50. The van der Waals surface area contributed by atoms with Crippen molar-refractivity contribution >= 4 is 29.2 Å². The normalized spacial score (nSPS) is 12.0. The predicted octanol–water partition coefficient (Wildman–Crippen LogP) is 4.26. The van der Waals surface area contributed by atoms with E-state index < -0.39 is 0 Å². The van der Waals surface area contributed by atoms with Gasteiger partial charge in [0.25, 0.3) is 5.91 Å². The lowest BCUT2D eigenvalue weighted by molar-refractivity contribution is 0.102. The molecule has 0 unspecified atom stereocenters. The van der Waals surface area contributed by atoms with Crippen LogP contribution in [0.4, 0.5) is 11.4 Å². The van der Waals surface area contributed by atoms with Crippen LogP contribution in [0.2, 0.25) is 0 Å². The van der Waals surface area contributed by atoms with Gasteiger partial charge in [-0.2, -0.15) is 0 Å². The molecule has 1 amide bonds. The van der Waals surface area contributed by atoms with Gasteiger partial charge in [0, 0.05) is 24.9 Å². The molecule has 2 aromatic rings. The van der Waals surface area contributed by atoms with Crippen LogP contribution in [-0.4, -0.2) is 12.2 Å². The summed E-state index contributed by atoms with van der Waals surface area (Å²) in [6, 6.07) is 13.6. The number of amides is 1. The monoisotopic (exact) mass is 329 g/mol. The summed E-state index contributed by atoms with van der Waals surface area (Å²) in [5, 5.41) is 6.25. The van der Waals surface area contributed by atoms with Gasteiger partial charge in [0.15, 0.2) is 0 Å². The van der Waals surface area contributed by atoms with E-state index in [1.165, 1.54) is 23.1 Å². The van der Waals surface area contributed by atoms with Gasteiger partial charge < -0.3 is 15.4 Å². The number of anilines is 2. The third-order valence-corrected chi connectivity index (χ3v) is 3.91. The molecular formula is C18H23N3OS. The molecule has 0 aromatic heterocycles. The number of hydrogen-bond acceptors (Lipinski definition) is 4. The highest BCUT2D eigenvalue weighted by molar-refractivity contribution is 7.99. The molecule has 0 aliphatic carbocycles. The van der Waals surface area contributed by atoms with Gasteiger partial charge in [-0.25, -0.2) is 0 Å². The molecule has 5 heteroatoms. The second-order valence-corrected chi connectivity index (χ2v) is 5.51. The first kappa shape index (κ1) is 17.4. The van der Waals surface area contributed by atoms with Crippen LogP contribution in [-0.2, 0) is 13.1 Å². The molecule has 3 N–H and O–H groups in total. The summed E-state index contributed by atoms with van der Waals surface area (Å²) >= 11 is 1.50. The van der Waals surface area contributed by atoms with E-state index in [1.807, 2.05) is 62.6 Å². The fourth-order valence-corrected chi connectivity index (χ4v) is 2.82. The number of carbonyl (C=O) groups excluding carboxylic acids is 1. The van der Waals surface area contributed by atoms with Crippen LogP contribution in [0, 0.1) is 0 Å². The largest absolute Gasteiger partial charge is 0.328 e. The molecule has 122 valence electrons. The Morgan fingerprint density at radius 3 is 2.48 bits per heavy atom. The Morgan fingerprint density at radius 1 is 1.04 bits per heavy atom. The van der Waals surface area contributed by atoms with Crippen LogP contribution in [0.5, 0.6) is 0 Å². The molecule has 1 aliphatic rings. The van der Waals surface area contributed by atoms with Crippen molar-refractivity contribution in [2.75, 3.05) is 16.3 Å². The summed E-state index contributed by atoms with van der Waals surface area (Å²) < 4.78 is 3.17. The number of rotatable bonds is 4. The molecule has 23 heavy (non-hydrogen) atoms. The molecule has 3 rings (SSSR count). The molecular weight excluding hydrogens is 306 g/mol. The van der Waals surface area contributed by atoms with Crippen molar-refractivity contribution in [3.05, 3.63) is 59.2 Å². The molecule has 2 aromatic carbocycles. The number of carbonyl (C=O) groups is 1. The first-order valence-electron chi connectivity index (χ1n) is 7.80. The summed E-state index contributed by atoms with van der Waals surface area (Å²) in [5.41, 5.74) is 4.86. The predicted molar refractivity (Wildman–Crippen MR) is 99.9 cm³/mol. The maximum absolute atomic E-state index is 12.4. The second-order valence-electron chi connectivity index (χ2n) is 4.89. The van der Waals surface area contributed by atoms with E-state index >= 15 is 0 Å². The van der Waals surface area contributed by atoms with Crippen molar-refractivity contribution in [3.63, 3.8) is 0 Å². The van der Waals surface area contributed by atoms with Crippen LogP contribution in [0.1, 0.15) is 35.3 Å². The van der Waals surface area contributed by atoms with Crippen molar-refractivity contribution in [1.29, 1.82) is 0 Å². The lowest BCUT2D eigenvalue weighted by Crippen LogP contribution is -2.13. The Labute approximate surface area is 142 Å². The lowest BCUT2D eigenvalue weighted by Gasteiger charge is -2.11. The summed E-state index contributed by atoms with van der Waals surface area (Å²) in [4.78, 5) is 12.4. The fourth-order valence-electron chi connectivity index (χ4n) is 2.42. The summed E-state index contributed by atoms with van der Waals surface area (Å²) in [5.74, 6) is -0.0833. The molecule has 0 atom stereocenters. The first-order chi connectivity index (χ1) is 11.3. The third kappa shape index (κ3) is 4.27. The molecule has 0 fully saturated rings. The Morgan fingerprint density at radius 2 is 1.74 bits per heavy atom. The first-order valence-corrected chi connectivity index (χ1v) is 9.02. The Balaban J connectivity index is 0.000000924. The van der Waals surface area contributed by atoms with Gasteiger partial charge in [-0.3, -0.25) is 4.79 Å². The van der Waals surface area contributed by atoms with E-state index in [1.54, 1.807) is 0 Å². The number of nitrogens with one attached hydrogen (secondary N) is 3. The molecule has 0 saturated carbocycles. The van der Waals surface area contributed by atoms with E-state index in [0.717, 1.165) is 24.5 Å². The highest BCUT2D eigenvalue weighted by atomic mass is 32.2. The minimum atomic E-state index is -0.0833. The van der Waals surface area contributed by atoms with E-state index in [-0.39, 0.29) is 5.91 Å². The Bertz CT molecular complexity index is 673. The van der Waals surface area contributed by atoms with Gasteiger partial charge in [0.2, 0.25) is 0 Å². The van der Waals surface area contributed by atoms with Crippen LogP contribution in [0.25, 0.3) is 0 Å². The molecule has 0 spiro atoms. The van der Waals surface area contributed by atoms with Crippen LogP contribution in [0.15, 0.2) is 42.5 Å². The van der Waals surface area contributed by atoms with E-state index in [4.69, 9.17) is 0 Å². The maximum atomic E-state index is 12.4. The van der Waals surface area contributed by atoms with E-state index in [9.17, 15) is 4.79 Å². The number of fused-ring (bicyclic) bond motifs is 1. The van der Waals surface area contributed by atoms with E-state index in [0.29, 0.717) is 5.56 Å². The van der Waals surface area contributed by atoms with Crippen LogP contribution < -0.4 is 15.4 Å². The van der Waals surface area contributed by atoms with Crippen molar-refractivity contribution in [2.45, 2.75) is 26.9 Å². The summed E-state index contributed by atoms with van der Waals surface area (Å²) in [7, 11) is 0. The molecule has 4 nitrogen and oxygen atoms in total. The molecule has 0 radical (unpaired) electrons. The minimum Gasteiger partial charge on any atom is -0.328 e. The highest BCUT2D eigenvalue weighted by Gasteiger charge is 2.14. The lowest BCUT2D eigenvalue weighted by atomic mass is 10.1. The van der Waals surface area contributed by atoms with Gasteiger partial charge in [0.05, 0.1) is 11.4 Å². The van der Waals surface area contributed by atoms with Gasteiger partial charge in [-0.1, -0.05) is 44.0 Å². The summed E-state index contributed by atoms with van der Waals surface area (Å²) in [6.45, 7) is 5.72. The molecule has 1 aliphatic heterocycles. The molecule has 0 bridgehead atoms. The zero-order chi connectivity index (χ0) is 16.7.